The van der Waals surface area contributed by atoms with Gasteiger partial charge in [0.1, 0.15) is 6.42 Å². The van der Waals surface area contributed by atoms with Crippen LogP contribution in [0.3, 0.4) is 0 Å². The van der Waals surface area contributed by atoms with Gasteiger partial charge in [-0.2, -0.15) is 0 Å². The first-order valence-corrected chi connectivity index (χ1v) is 6.73. The number of carbonyl (C=O) groups is 2. The summed E-state index contributed by atoms with van der Waals surface area (Å²) in [4.78, 5) is 25.1. The van der Waals surface area contributed by atoms with Gasteiger partial charge in [0.2, 0.25) is 0 Å². The van der Waals surface area contributed by atoms with E-state index in [0.29, 0.717) is 19.7 Å². The molecule has 110 valence electrons. The lowest BCUT2D eigenvalue weighted by Crippen LogP contribution is -2.58. The number of esters is 1. The largest absolute Gasteiger partial charge is 0.466 e. The first-order valence-electron chi connectivity index (χ1n) is 6.73. The third kappa shape index (κ3) is 5.70. The summed E-state index contributed by atoms with van der Waals surface area (Å²) in [7, 11) is 0. The molecule has 5 heteroatoms. The van der Waals surface area contributed by atoms with Crippen LogP contribution in [0.25, 0.3) is 0 Å². The zero-order chi connectivity index (χ0) is 14.7. The van der Waals surface area contributed by atoms with Crippen molar-refractivity contribution in [2.75, 3.05) is 26.2 Å². The van der Waals surface area contributed by atoms with Crippen LogP contribution in [-0.2, 0) is 19.1 Å². The standard InChI is InChI=1S/C14H25NO4/c1-6-18-12(17)7-11(16)8-15-9-13(2,3)19-14(4,5)10-15/h6-10H2,1-5H3. The molecule has 0 bridgehead atoms. The van der Waals surface area contributed by atoms with Gasteiger partial charge in [-0.1, -0.05) is 0 Å². The van der Waals surface area contributed by atoms with Gasteiger partial charge in [0.15, 0.2) is 5.78 Å². The monoisotopic (exact) mass is 271 g/mol. The summed E-state index contributed by atoms with van der Waals surface area (Å²) < 4.78 is 10.7. The van der Waals surface area contributed by atoms with Crippen molar-refractivity contribution < 1.29 is 19.1 Å². The molecule has 1 aliphatic heterocycles. The van der Waals surface area contributed by atoms with Gasteiger partial charge in [0.05, 0.1) is 24.4 Å². The maximum atomic E-state index is 11.8. The van der Waals surface area contributed by atoms with E-state index in [2.05, 4.69) is 0 Å². The summed E-state index contributed by atoms with van der Waals surface area (Å²) in [5.41, 5.74) is -0.572. The highest BCUT2D eigenvalue weighted by molar-refractivity contribution is 5.96. The number of Topliss-reactive ketones (excluding diaryl/α,β-unsaturated/α-hetero) is 1. The smallest absolute Gasteiger partial charge is 0.313 e. The third-order valence-electron chi connectivity index (χ3n) is 2.81. The van der Waals surface area contributed by atoms with E-state index in [4.69, 9.17) is 9.47 Å². The van der Waals surface area contributed by atoms with E-state index >= 15 is 0 Å². The summed E-state index contributed by atoms with van der Waals surface area (Å²) in [6.07, 6.45) is -0.147. The predicted octanol–water partition coefficient (Wildman–Crippen LogP) is 1.40. The van der Waals surface area contributed by atoms with Gasteiger partial charge < -0.3 is 9.47 Å². The highest BCUT2D eigenvalue weighted by Gasteiger charge is 2.38. The van der Waals surface area contributed by atoms with Gasteiger partial charge in [0, 0.05) is 13.1 Å². The Morgan fingerprint density at radius 2 is 1.68 bits per heavy atom. The lowest BCUT2D eigenvalue weighted by atomic mass is 9.98. The van der Waals surface area contributed by atoms with Gasteiger partial charge in [-0.05, 0) is 34.6 Å². The minimum atomic E-state index is -0.445. The van der Waals surface area contributed by atoms with Crippen LogP contribution in [0.15, 0.2) is 0 Å². The van der Waals surface area contributed by atoms with Crippen molar-refractivity contribution >= 4 is 11.8 Å². The number of nitrogens with zero attached hydrogens (tertiary/aromatic N) is 1. The zero-order valence-electron chi connectivity index (χ0n) is 12.6. The first kappa shape index (κ1) is 16.1. The Balaban J connectivity index is 2.52. The Morgan fingerprint density at radius 3 is 2.16 bits per heavy atom. The van der Waals surface area contributed by atoms with Crippen LogP contribution in [0.4, 0.5) is 0 Å². The van der Waals surface area contributed by atoms with Crippen LogP contribution in [0.5, 0.6) is 0 Å². The maximum Gasteiger partial charge on any atom is 0.313 e. The molecule has 0 amide bonds. The molecule has 1 aliphatic rings. The fourth-order valence-electron chi connectivity index (χ4n) is 2.74. The number of ketones is 1. The molecular formula is C14H25NO4. The molecule has 0 N–H and O–H groups in total. The number of ether oxygens (including phenoxy) is 2. The van der Waals surface area contributed by atoms with Crippen LogP contribution in [0.1, 0.15) is 41.0 Å². The Bertz CT molecular complexity index is 333. The highest BCUT2D eigenvalue weighted by atomic mass is 16.5. The third-order valence-corrected chi connectivity index (χ3v) is 2.81. The number of morpholine rings is 1. The summed E-state index contributed by atoms with van der Waals surface area (Å²) in [6.45, 7) is 11.7. The van der Waals surface area contributed by atoms with Gasteiger partial charge in [-0.3, -0.25) is 14.5 Å². The van der Waals surface area contributed by atoms with Crippen molar-refractivity contribution in [1.29, 1.82) is 0 Å². The predicted molar refractivity (Wildman–Crippen MR) is 71.9 cm³/mol. The SMILES string of the molecule is CCOC(=O)CC(=O)CN1CC(C)(C)OC(C)(C)C1. The minimum absolute atomic E-state index is 0.105. The van der Waals surface area contributed by atoms with Crippen LogP contribution in [0.2, 0.25) is 0 Å². The van der Waals surface area contributed by atoms with Crippen molar-refractivity contribution in [3.8, 4) is 0 Å². The Labute approximate surface area is 115 Å². The molecule has 0 aromatic heterocycles. The number of hydrogen-bond acceptors (Lipinski definition) is 5. The molecule has 0 spiro atoms. The molecule has 0 aromatic carbocycles. The second-order valence-corrected chi connectivity index (χ2v) is 6.29. The molecule has 19 heavy (non-hydrogen) atoms. The molecule has 0 radical (unpaired) electrons. The topological polar surface area (TPSA) is 55.8 Å². The van der Waals surface area contributed by atoms with Gasteiger partial charge >= 0.3 is 5.97 Å². The van der Waals surface area contributed by atoms with Crippen LogP contribution in [-0.4, -0.2) is 54.1 Å². The van der Waals surface area contributed by atoms with E-state index in [-0.39, 0.29) is 30.0 Å². The Kier molecular flexibility index (Phi) is 5.10. The molecule has 0 aliphatic carbocycles. The number of carbonyl (C=O) groups excluding carboxylic acids is 2. The average molecular weight is 271 g/mol. The normalized spacial score (nSPS) is 21.9. The van der Waals surface area contributed by atoms with Crippen molar-refractivity contribution in [3.05, 3.63) is 0 Å². The molecule has 0 unspecified atom stereocenters. The summed E-state index contributed by atoms with van der Waals surface area (Å²) in [6, 6.07) is 0. The number of hydrogen-bond donors (Lipinski definition) is 0. The maximum absolute atomic E-state index is 11.8. The zero-order valence-corrected chi connectivity index (χ0v) is 12.6. The molecule has 1 saturated heterocycles. The lowest BCUT2D eigenvalue weighted by molar-refractivity contribution is -0.181. The van der Waals surface area contributed by atoms with Gasteiger partial charge in [0.25, 0.3) is 0 Å². The molecule has 0 saturated carbocycles. The van der Waals surface area contributed by atoms with Crippen molar-refractivity contribution in [2.45, 2.75) is 52.2 Å². The summed E-state index contributed by atoms with van der Waals surface area (Å²) >= 11 is 0. The van der Waals surface area contributed by atoms with E-state index in [9.17, 15) is 9.59 Å². The molecule has 5 nitrogen and oxygen atoms in total. The molecular weight excluding hydrogens is 246 g/mol. The molecule has 1 rings (SSSR count). The Hall–Kier alpha value is -0.940. The van der Waals surface area contributed by atoms with Crippen molar-refractivity contribution in [3.63, 3.8) is 0 Å². The molecule has 1 fully saturated rings. The van der Waals surface area contributed by atoms with Gasteiger partial charge in [-0.25, -0.2) is 0 Å². The van der Waals surface area contributed by atoms with Crippen molar-refractivity contribution in [1.82, 2.24) is 4.90 Å². The van der Waals surface area contributed by atoms with Crippen LogP contribution in [0, 0.1) is 0 Å². The highest BCUT2D eigenvalue weighted by Crippen LogP contribution is 2.27. The van der Waals surface area contributed by atoms with E-state index in [1.165, 1.54) is 0 Å². The van der Waals surface area contributed by atoms with Gasteiger partial charge in [-0.15, -0.1) is 0 Å². The molecule has 0 aromatic rings. The average Bonchev–Trinajstić information content (AvgIpc) is 2.10. The fourth-order valence-corrected chi connectivity index (χ4v) is 2.74. The second-order valence-electron chi connectivity index (χ2n) is 6.29. The van der Waals surface area contributed by atoms with E-state index in [1.807, 2.05) is 32.6 Å². The van der Waals surface area contributed by atoms with E-state index in [1.54, 1.807) is 6.92 Å². The minimum Gasteiger partial charge on any atom is -0.466 e. The molecule has 0 atom stereocenters. The summed E-state index contributed by atoms with van der Waals surface area (Å²) in [5.74, 6) is -0.550. The Morgan fingerprint density at radius 1 is 1.16 bits per heavy atom. The number of rotatable bonds is 5. The first-order chi connectivity index (χ1) is 8.63. The second kappa shape index (κ2) is 6.01. The van der Waals surface area contributed by atoms with E-state index < -0.39 is 5.97 Å². The van der Waals surface area contributed by atoms with E-state index in [0.717, 1.165) is 0 Å². The summed E-state index contributed by atoms with van der Waals surface area (Å²) in [5, 5.41) is 0. The molecule has 1 heterocycles. The van der Waals surface area contributed by atoms with Crippen LogP contribution >= 0.6 is 0 Å². The fraction of sp³-hybridized carbons (Fsp3) is 0.857. The quantitative estimate of drug-likeness (QED) is 0.559. The van der Waals surface area contributed by atoms with Crippen LogP contribution < -0.4 is 0 Å². The lowest BCUT2D eigenvalue weighted by Gasteiger charge is -2.47. The van der Waals surface area contributed by atoms with Crippen molar-refractivity contribution in [2.24, 2.45) is 0 Å².